The molecule has 3 heterocycles. The number of aromatic nitrogens is 2. The van der Waals surface area contributed by atoms with Crippen LogP contribution in [0.25, 0.3) is 10.9 Å². The van der Waals surface area contributed by atoms with Crippen LogP contribution in [0.2, 0.25) is 5.02 Å². The molecule has 10 heteroatoms. The van der Waals surface area contributed by atoms with E-state index in [4.69, 9.17) is 26.1 Å². The Balaban J connectivity index is 0.00000210. The van der Waals surface area contributed by atoms with Crippen molar-refractivity contribution in [3.63, 3.8) is 0 Å². The minimum Gasteiger partial charge on any atom is -0.494 e. The lowest BCUT2D eigenvalue weighted by Crippen LogP contribution is -2.46. The lowest BCUT2D eigenvalue weighted by atomic mass is 10.00. The lowest BCUT2D eigenvalue weighted by Gasteiger charge is -2.40. The molecule has 0 aliphatic carbocycles. The van der Waals surface area contributed by atoms with Crippen molar-refractivity contribution in [2.75, 3.05) is 39.8 Å². The summed E-state index contributed by atoms with van der Waals surface area (Å²) in [4.78, 5) is 23.6. The predicted octanol–water partition coefficient (Wildman–Crippen LogP) is 5.82. The molecule has 0 N–H and O–H groups in total. The molecule has 2 aliphatic rings. The summed E-state index contributed by atoms with van der Waals surface area (Å²) in [5, 5.41) is 1.22. The van der Waals surface area contributed by atoms with Gasteiger partial charge in [-0.1, -0.05) is 24.1 Å². The summed E-state index contributed by atoms with van der Waals surface area (Å²) in [6, 6.07) is 13.4. The molecule has 0 amide bonds. The highest BCUT2D eigenvalue weighted by molar-refractivity contribution is 6.30. The van der Waals surface area contributed by atoms with Crippen LogP contribution in [0.4, 0.5) is 0 Å². The highest BCUT2D eigenvalue weighted by Gasteiger charge is 2.25. The van der Waals surface area contributed by atoms with Crippen LogP contribution in [0.15, 0.2) is 47.3 Å². The van der Waals surface area contributed by atoms with E-state index in [-0.39, 0.29) is 37.0 Å². The number of para-hydroxylation sites is 1. The number of nitrogens with zero attached hydrogens (tertiary/aromatic N) is 4. The molecule has 3 aromatic rings. The second-order valence-corrected chi connectivity index (χ2v) is 10.5. The molecule has 0 radical (unpaired) electrons. The topological polar surface area (TPSA) is 59.8 Å². The van der Waals surface area contributed by atoms with Gasteiger partial charge in [-0.05, 0) is 101 Å². The van der Waals surface area contributed by atoms with E-state index in [1.165, 1.54) is 45.2 Å². The van der Waals surface area contributed by atoms with Crippen molar-refractivity contribution < 1.29 is 9.47 Å². The zero-order valence-electron chi connectivity index (χ0n) is 22.5. The normalized spacial score (nSPS) is 16.9. The van der Waals surface area contributed by atoms with Crippen LogP contribution in [0, 0.1) is 0 Å². The van der Waals surface area contributed by atoms with E-state index in [1.54, 1.807) is 23.8 Å². The van der Waals surface area contributed by atoms with E-state index in [2.05, 4.69) is 9.80 Å². The first-order valence-corrected chi connectivity index (χ1v) is 13.9. The fourth-order valence-corrected chi connectivity index (χ4v) is 5.82. The van der Waals surface area contributed by atoms with Crippen LogP contribution < -0.4 is 15.0 Å². The Morgan fingerprint density at radius 3 is 2.36 bits per heavy atom. The Kier molecular flexibility index (Phi) is 12.2. The molecule has 2 fully saturated rings. The number of fused-ring (bicyclic) bond motifs is 1. The van der Waals surface area contributed by atoms with Crippen molar-refractivity contribution in [2.24, 2.45) is 0 Å². The van der Waals surface area contributed by atoms with Crippen LogP contribution in [-0.2, 0) is 13.2 Å². The van der Waals surface area contributed by atoms with Gasteiger partial charge in [0.2, 0.25) is 0 Å². The van der Waals surface area contributed by atoms with Gasteiger partial charge < -0.3 is 19.3 Å². The summed E-state index contributed by atoms with van der Waals surface area (Å²) in [6.07, 6.45) is 7.47. The number of halogens is 3. The van der Waals surface area contributed by atoms with Crippen molar-refractivity contribution in [1.29, 1.82) is 0 Å². The van der Waals surface area contributed by atoms with Gasteiger partial charge in [-0.2, -0.15) is 0 Å². The Bertz CT molecular complexity index is 1240. The Labute approximate surface area is 248 Å². The summed E-state index contributed by atoms with van der Waals surface area (Å²) in [7, 11) is 1.60. The third-order valence-electron chi connectivity index (χ3n) is 7.75. The first-order chi connectivity index (χ1) is 18.1. The number of benzene rings is 2. The van der Waals surface area contributed by atoms with Crippen LogP contribution in [-0.4, -0.2) is 65.2 Å². The zero-order valence-corrected chi connectivity index (χ0v) is 24.9. The number of likely N-dealkylation sites (tertiary alicyclic amines) is 2. The third-order valence-corrected chi connectivity index (χ3v) is 8.00. The second-order valence-electron chi connectivity index (χ2n) is 10.1. The highest BCUT2D eigenvalue weighted by atomic mass is 35.5. The molecule has 2 saturated heterocycles. The SMILES string of the molecule is COc1cccc2c(=O)n(CCCN3CCC(N4CCCCC4)CC3)c(COc3ccc(Cl)cc3)nc12.Cl.Cl. The van der Waals surface area contributed by atoms with E-state index in [0.717, 1.165) is 32.1 Å². The van der Waals surface area contributed by atoms with Gasteiger partial charge in [0.05, 0.1) is 12.5 Å². The van der Waals surface area contributed by atoms with Gasteiger partial charge in [-0.3, -0.25) is 9.36 Å². The molecule has 0 unspecified atom stereocenters. The van der Waals surface area contributed by atoms with Crippen molar-refractivity contribution in [1.82, 2.24) is 19.4 Å². The molecule has 0 bridgehead atoms. The summed E-state index contributed by atoms with van der Waals surface area (Å²) in [6.45, 7) is 6.58. The molecule has 39 heavy (non-hydrogen) atoms. The third kappa shape index (κ3) is 7.80. The van der Waals surface area contributed by atoms with Gasteiger partial charge in [0.25, 0.3) is 5.56 Å². The Morgan fingerprint density at radius 1 is 0.949 bits per heavy atom. The van der Waals surface area contributed by atoms with Crippen molar-refractivity contribution in [3.8, 4) is 11.5 Å². The van der Waals surface area contributed by atoms with Gasteiger partial charge in [0, 0.05) is 17.6 Å². The molecular weight excluding hydrogens is 559 g/mol. The van der Waals surface area contributed by atoms with Crippen LogP contribution in [0.5, 0.6) is 11.5 Å². The van der Waals surface area contributed by atoms with Gasteiger partial charge in [0.15, 0.2) is 0 Å². The fraction of sp³-hybridized carbons (Fsp3) is 0.517. The summed E-state index contributed by atoms with van der Waals surface area (Å²) >= 11 is 6.01. The van der Waals surface area contributed by atoms with Crippen molar-refractivity contribution in [2.45, 2.75) is 57.7 Å². The van der Waals surface area contributed by atoms with E-state index >= 15 is 0 Å². The predicted molar refractivity (Wildman–Crippen MR) is 162 cm³/mol. The van der Waals surface area contributed by atoms with Crippen molar-refractivity contribution in [3.05, 3.63) is 63.7 Å². The lowest BCUT2D eigenvalue weighted by molar-refractivity contribution is 0.0915. The number of piperidine rings is 2. The van der Waals surface area contributed by atoms with Crippen molar-refractivity contribution >= 4 is 47.3 Å². The number of hydrogen-bond acceptors (Lipinski definition) is 6. The molecule has 1 aromatic heterocycles. The van der Waals surface area contributed by atoms with Gasteiger partial charge >= 0.3 is 0 Å². The molecule has 214 valence electrons. The molecule has 5 rings (SSSR count). The van der Waals surface area contributed by atoms with E-state index < -0.39 is 0 Å². The molecular formula is C29H39Cl3N4O3. The first kappa shape index (κ1) is 31.5. The second kappa shape index (κ2) is 15.1. The molecule has 7 nitrogen and oxygen atoms in total. The molecule has 0 spiro atoms. The maximum Gasteiger partial charge on any atom is 0.261 e. The number of ether oxygens (including phenoxy) is 2. The van der Waals surface area contributed by atoms with Crippen LogP contribution in [0.1, 0.15) is 44.3 Å². The average molecular weight is 598 g/mol. The van der Waals surface area contributed by atoms with Gasteiger partial charge in [0.1, 0.15) is 29.4 Å². The van der Waals surface area contributed by atoms with E-state index in [9.17, 15) is 4.79 Å². The molecule has 2 aliphatic heterocycles. The van der Waals surface area contributed by atoms with E-state index in [0.29, 0.717) is 39.8 Å². The largest absolute Gasteiger partial charge is 0.494 e. The summed E-state index contributed by atoms with van der Waals surface area (Å²) in [5.41, 5.74) is 0.517. The molecule has 2 aromatic carbocycles. The number of rotatable bonds is 9. The van der Waals surface area contributed by atoms with Crippen LogP contribution in [0.3, 0.4) is 0 Å². The van der Waals surface area contributed by atoms with Crippen LogP contribution >= 0.6 is 36.4 Å². The van der Waals surface area contributed by atoms with Gasteiger partial charge in [-0.15, -0.1) is 24.8 Å². The minimum atomic E-state index is -0.0533. The quantitative estimate of drug-likeness (QED) is 0.310. The standard InChI is InChI=1S/C29H37ClN4O3.2ClH/c1-36-26-8-5-7-25-28(26)31-27(21-37-24-11-9-22(30)10-12-24)34(29(25)35)18-6-15-32-19-13-23(14-20-32)33-16-3-2-4-17-33;;/h5,7-12,23H,2-4,6,13-21H2,1H3;2*1H. The fourth-order valence-electron chi connectivity index (χ4n) is 5.69. The number of methoxy groups -OCH3 is 1. The maximum absolute atomic E-state index is 13.5. The smallest absolute Gasteiger partial charge is 0.261 e. The van der Waals surface area contributed by atoms with E-state index in [1.807, 2.05) is 30.3 Å². The summed E-state index contributed by atoms with van der Waals surface area (Å²) in [5.74, 6) is 1.87. The Hall–Kier alpha value is -2.03. The van der Waals surface area contributed by atoms with Gasteiger partial charge in [-0.25, -0.2) is 4.98 Å². The minimum absolute atomic E-state index is 0. The maximum atomic E-state index is 13.5. The number of hydrogen-bond donors (Lipinski definition) is 0. The molecule has 0 atom stereocenters. The average Bonchev–Trinajstić information content (AvgIpc) is 2.94. The monoisotopic (exact) mass is 596 g/mol. The summed E-state index contributed by atoms with van der Waals surface area (Å²) < 4.78 is 13.3. The molecule has 0 saturated carbocycles. The Morgan fingerprint density at radius 2 is 1.67 bits per heavy atom. The first-order valence-electron chi connectivity index (χ1n) is 13.5. The zero-order chi connectivity index (χ0) is 25.6. The highest BCUT2D eigenvalue weighted by Crippen LogP contribution is 2.23.